The SMILES string of the molecule is COc1ccc(/C=N\N=C2\S/C(=C\c3ccc(O)cc3)C(=O)N2Cc2ccco2)cc1OC. The number of phenolic OH excluding ortho intramolecular Hbond substituents is 1. The molecule has 1 aliphatic rings. The summed E-state index contributed by atoms with van der Waals surface area (Å²) < 4.78 is 16.0. The number of furan rings is 1. The molecule has 168 valence electrons. The van der Waals surface area contributed by atoms with Crippen molar-refractivity contribution >= 4 is 35.1 Å². The number of ether oxygens (including phenoxy) is 2. The van der Waals surface area contributed by atoms with E-state index in [4.69, 9.17) is 13.9 Å². The molecule has 1 N–H and O–H groups in total. The van der Waals surface area contributed by atoms with Crippen molar-refractivity contribution in [1.29, 1.82) is 0 Å². The molecule has 33 heavy (non-hydrogen) atoms. The van der Waals surface area contributed by atoms with Crippen molar-refractivity contribution in [2.45, 2.75) is 6.54 Å². The fourth-order valence-corrected chi connectivity index (χ4v) is 4.02. The molecule has 3 aromatic rings. The zero-order chi connectivity index (χ0) is 23.2. The highest BCUT2D eigenvalue weighted by Crippen LogP contribution is 2.34. The van der Waals surface area contributed by atoms with E-state index in [1.807, 2.05) is 6.07 Å². The molecule has 1 saturated heterocycles. The molecular formula is C24H21N3O5S. The lowest BCUT2D eigenvalue weighted by atomic mass is 10.2. The van der Waals surface area contributed by atoms with Gasteiger partial charge in [0.25, 0.3) is 5.91 Å². The lowest BCUT2D eigenvalue weighted by Gasteiger charge is -2.12. The predicted molar refractivity (Wildman–Crippen MR) is 128 cm³/mol. The van der Waals surface area contributed by atoms with Gasteiger partial charge in [0.1, 0.15) is 11.5 Å². The number of methoxy groups -OCH3 is 2. The number of amides is 1. The van der Waals surface area contributed by atoms with Crippen molar-refractivity contribution in [3.8, 4) is 17.2 Å². The molecule has 8 nitrogen and oxygen atoms in total. The number of hydrogen-bond donors (Lipinski definition) is 1. The number of rotatable bonds is 7. The van der Waals surface area contributed by atoms with E-state index in [1.54, 1.807) is 81.3 Å². The third-order valence-electron chi connectivity index (χ3n) is 4.73. The van der Waals surface area contributed by atoms with Gasteiger partial charge in [0.05, 0.1) is 38.1 Å². The largest absolute Gasteiger partial charge is 0.508 e. The second-order valence-electron chi connectivity index (χ2n) is 6.91. The van der Waals surface area contributed by atoms with Crippen molar-refractivity contribution in [2.75, 3.05) is 14.2 Å². The highest BCUT2D eigenvalue weighted by atomic mass is 32.2. The number of thioether (sulfide) groups is 1. The summed E-state index contributed by atoms with van der Waals surface area (Å²) in [6, 6.07) is 15.6. The fraction of sp³-hybridized carbons (Fsp3) is 0.125. The number of benzene rings is 2. The Kier molecular flexibility index (Phi) is 6.80. The molecule has 1 aliphatic heterocycles. The van der Waals surface area contributed by atoms with Crippen molar-refractivity contribution in [1.82, 2.24) is 4.90 Å². The van der Waals surface area contributed by atoms with Gasteiger partial charge >= 0.3 is 0 Å². The van der Waals surface area contributed by atoms with Crippen LogP contribution in [0.5, 0.6) is 17.2 Å². The molecule has 1 amide bonds. The Labute approximate surface area is 194 Å². The van der Waals surface area contributed by atoms with Crippen LogP contribution in [-0.4, -0.2) is 41.5 Å². The third kappa shape index (κ3) is 5.27. The minimum absolute atomic E-state index is 0.161. The topological polar surface area (TPSA) is 96.9 Å². The highest BCUT2D eigenvalue weighted by Gasteiger charge is 2.34. The zero-order valence-corrected chi connectivity index (χ0v) is 18.8. The third-order valence-corrected chi connectivity index (χ3v) is 5.73. The van der Waals surface area contributed by atoms with Crippen LogP contribution in [0.15, 0.2) is 80.4 Å². The highest BCUT2D eigenvalue weighted by molar-refractivity contribution is 8.18. The number of carbonyl (C=O) groups excluding carboxylic acids is 1. The van der Waals surface area contributed by atoms with Crippen molar-refractivity contribution < 1.29 is 23.8 Å². The molecular weight excluding hydrogens is 442 g/mol. The van der Waals surface area contributed by atoms with Gasteiger partial charge in [-0.15, -0.1) is 5.10 Å². The Morgan fingerprint density at radius 1 is 1.06 bits per heavy atom. The summed E-state index contributed by atoms with van der Waals surface area (Å²) in [4.78, 5) is 15.1. The van der Waals surface area contributed by atoms with E-state index in [-0.39, 0.29) is 18.2 Å². The summed E-state index contributed by atoms with van der Waals surface area (Å²) >= 11 is 1.22. The molecule has 0 bridgehead atoms. The van der Waals surface area contributed by atoms with Gasteiger partial charge in [-0.25, -0.2) is 0 Å². The number of hydrogen-bond acceptors (Lipinski definition) is 8. The van der Waals surface area contributed by atoms with Crippen LogP contribution in [0.4, 0.5) is 0 Å². The first-order valence-electron chi connectivity index (χ1n) is 9.93. The van der Waals surface area contributed by atoms with Crippen LogP contribution in [0.3, 0.4) is 0 Å². The van der Waals surface area contributed by atoms with Crippen LogP contribution in [0, 0.1) is 0 Å². The number of phenols is 1. The molecule has 4 rings (SSSR count). The van der Waals surface area contributed by atoms with Crippen LogP contribution in [0.2, 0.25) is 0 Å². The quantitative estimate of drug-likeness (QED) is 0.315. The molecule has 9 heteroatoms. The van der Waals surface area contributed by atoms with Crippen LogP contribution < -0.4 is 9.47 Å². The maximum atomic E-state index is 13.1. The van der Waals surface area contributed by atoms with Gasteiger partial charge in [-0.05, 0) is 71.4 Å². The minimum atomic E-state index is -0.204. The maximum Gasteiger partial charge on any atom is 0.267 e. The molecule has 0 aliphatic carbocycles. The summed E-state index contributed by atoms with van der Waals surface area (Å²) in [6.07, 6.45) is 4.89. The molecule has 0 radical (unpaired) electrons. The lowest BCUT2D eigenvalue weighted by molar-refractivity contribution is -0.122. The van der Waals surface area contributed by atoms with E-state index in [2.05, 4.69) is 10.2 Å². The molecule has 1 aromatic heterocycles. The second kappa shape index (κ2) is 10.1. The van der Waals surface area contributed by atoms with Crippen LogP contribution in [0.1, 0.15) is 16.9 Å². The van der Waals surface area contributed by atoms with Gasteiger partial charge in [-0.2, -0.15) is 5.10 Å². The van der Waals surface area contributed by atoms with E-state index < -0.39 is 0 Å². The molecule has 1 fully saturated rings. The summed E-state index contributed by atoms with van der Waals surface area (Å²) in [5.41, 5.74) is 1.56. The number of nitrogens with zero attached hydrogens (tertiary/aromatic N) is 3. The summed E-state index contributed by atoms with van der Waals surface area (Å²) in [7, 11) is 3.14. The first-order chi connectivity index (χ1) is 16.1. The van der Waals surface area contributed by atoms with Crippen molar-refractivity contribution in [3.05, 3.63) is 82.7 Å². The molecule has 0 spiro atoms. The Balaban J connectivity index is 1.60. The van der Waals surface area contributed by atoms with Crippen molar-refractivity contribution in [3.63, 3.8) is 0 Å². The predicted octanol–water partition coefficient (Wildman–Crippen LogP) is 4.51. The first-order valence-corrected chi connectivity index (χ1v) is 10.7. The van der Waals surface area contributed by atoms with Gasteiger partial charge in [-0.1, -0.05) is 12.1 Å². The summed E-state index contributed by atoms with van der Waals surface area (Å²) in [5, 5.41) is 18.4. The van der Waals surface area contributed by atoms with Gasteiger partial charge in [-0.3, -0.25) is 9.69 Å². The van der Waals surface area contributed by atoms with E-state index in [0.29, 0.717) is 27.3 Å². The number of aromatic hydroxyl groups is 1. The summed E-state index contributed by atoms with van der Waals surface area (Å²) in [6.45, 7) is 0.233. The molecule has 2 heterocycles. The molecule has 2 aromatic carbocycles. The average molecular weight is 464 g/mol. The van der Waals surface area contributed by atoms with Gasteiger partial charge in [0.15, 0.2) is 16.7 Å². The average Bonchev–Trinajstić information content (AvgIpc) is 3.44. The lowest BCUT2D eigenvalue weighted by Crippen LogP contribution is -2.28. The van der Waals surface area contributed by atoms with Gasteiger partial charge < -0.3 is 19.0 Å². The van der Waals surface area contributed by atoms with E-state index in [0.717, 1.165) is 11.1 Å². The standard InChI is InChI=1S/C24H21N3O5S/c1-30-20-10-7-17(12-21(20)31-2)14-25-26-24-27(15-19-4-3-11-32-19)23(29)22(33-24)13-16-5-8-18(28)9-6-16/h3-14,28H,15H2,1-2H3/b22-13-,25-14-,26-24+. The van der Waals surface area contributed by atoms with Gasteiger partial charge in [0, 0.05) is 0 Å². The Morgan fingerprint density at radius 2 is 1.82 bits per heavy atom. The Hall–Kier alpha value is -3.98. The summed E-state index contributed by atoms with van der Waals surface area (Å²) in [5.74, 6) is 1.79. The van der Waals surface area contributed by atoms with Crippen LogP contribution in [-0.2, 0) is 11.3 Å². The number of carbonyl (C=O) groups is 1. The van der Waals surface area contributed by atoms with Crippen LogP contribution in [0.25, 0.3) is 6.08 Å². The zero-order valence-electron chi connectivity index (χ0n) is 18.0. The minimum Gasteiger partial charge on any atom is -0.508 e. The Bertz CT molecular complexity index is 1220. The molecule has 0 unspecified atom stereocenters. The van der Waals surface area contributed by atoms with Crippen LogP contribution >= 0.6 is 11.8 Å². The maximum absolute atomic E-state index is 13.1. The van der Waals surface area contributed by atoms with E-state index in [1.165, 1.54) is 16.7 Å². The second-order valence-corrected chi connectivity index (χ2v) is 7.92. The first kappa shape index (κ1) is 22.2. The monoisotopic (exact) mass is 463 g/mol. The fourth-order valence-electron chi connectivity index (χ4n) is 3.08. The normalized spacial score (nSPS) is 16.3. The molecule has 0 atom stereocenters. The number of amidine groups is 1. The smallest absolute Gasteiger partial charge is 0.267 e. The van der Waals surface area contributed by atoms with E-state index in [9.17, 15) is 9.90 Å². The van der Waals surface area contributed by atoms with Crippen molar-refractivity contribution in [2.24, 2.45) is 10.2 Å². The Morgan fingerprint density at radius 3 is 2.52 bits per heavy atom. The molecule has 0 saturated carbocycles. The van der Waals surface area contributed by atoms with E-state index >= 15 is 0 Å². The van der Waals surface area contributed by atoms with Gasteiger partial charge in [0.2, 0.25) is 0 Å².